The molecule has 0 fully saturated rings. The molecule has 13 heavy (non-hydrogen) atoms. The van der Waals surface area contributed by atoms with Crippen LogP contribution in [0.25, 0.3) is 0 Å². The average molecular weight is 270 g/mol. The summed E-state index contributed by atoms with van der Waals surface area (Å²) in [6.07, 6.45) is -4.53. The van der Waals surface area contributed by atoms with Crippen molar-refractivity contribution in [3.05, 3.63) is 0 Å². The summed E-state index contributed by atoms with van der Waals surface area (Å²) in [6, 6.07) is 0. The van der Waals surface area contributed by atoms with Gasteiger partial charge >= 0.3 is 166 Å². The first-order valence-corrected chi connectivity index (χ1v) is 2.28. The van der Waals surface area contributed by atoms with Crippen molar-refractivity contribution in [2.75, 3.05) is 0 Å². The van der Waals surface area contributed by atoms with Crippen LogP contribution in [-0.4, -0.2) is 199 Å². The summed E-state index contributed by atoms with van der Waals surface area (Å²) < 4.78 is 0. The van der Waals surface area contributed by atoms with Crippen molar-refractivity contribution in [3.63, 3.8) is 0 Å². The Labute approximate surface area is 202 Å². The number of hydrogen-bond donors (Lipinski definition) is 4. The van der Waals surface area contributed by atoms with Gasteiger partial charge < -0.3 is 20.4 Å². The summed E-state index contributed by atoms with van der Waals surface area (Å²) in [7, 11) is 0. The van der Waals surface area contributed by atoms with E-state index in [1.807, 2.05) is 0 Å². The molecule has 9 heteroatoms. The molecule has 0 spiro atoms. The summed E-state index contributed by atoms with van der Waals surface area (Å²) in [5, 5.41) is 32.5. The Bertz CT molecular complexity index is 144. The van der Waals surface area contributed by atoms with E-state index in [2.05, 4.69) is 0 Å². The van der Waals surface area contributed by atoms with Gasteiger partial charge in [0.1, 0.15) is 0 Å². The number of carboxylic acids is 2. The summed E-state index contributed by atoms with van der Waals surface area (Å²) in [4.78, 5) is 19.5. The molecule has 0 heterocycles. The van der Waals surface area contributed by atoms with Gasteiger partial charge in [-0.25, -0.2) is 9.59 Å². The van der Waals surface area contributed by atoms with Gasteiger partial charge in [-0.1, -0.05) is 0 Å². The van der Waals surface area contributed by atoms with Crippen LogP contribution >= 0.6 is 0 Å². The molecule has 0 bridgehead atoms. The monoisotopic (exact) mass is 270 g/mol. The van der Waals surface area contributed by atoms with Crippen molar-refractivity contribution in [1.29, 1.82) is 0 Å². The maximum atomic E-state index is 9.77. The van der Waals surface area contributed by atoms with Crippen molar-refractivity contribution in [2.24, 2.45) is 0 Å². The van der Waals surface area contributed by atoms with E-state index in [0.29, 0.717) is 0 Å². The van der Waals surface area contributed by atoms with Gasteiger partial charge in [-0.05, 0) is 0 Å². The Morgan fingerprint density at radius 1 is 0.769 bits per heavy atom. The Morgan fingerprint density at radius 3 is 1.00 bits per heavy atom. The van der Waals surface area contributed by atoms with Gasteiger partial charge in [0.25, 0.3) is 0 Å². The zero-order valence-electron chi connectivity index (χ0n) is 4.76. The second-order valence-electron chi connectivity index (χ2n) is 1.57. The fourth-order valence-corrected chi connectivity index (χ4v) is 0.270. The van der Waals surface area contributed by atoms with Gasteiger partial charge in [0.2, 0.25) is 0 Å². The third-order valence-corrected chi connectivity index (χ3v) is 0.805. The SMILES string of the molecule is O=C(O)C(O)C(O)C(=O)O.[KH].[KH].[KH]. The van der Waals surface area contributed by atoms with Crippen molar-refractivity contribution in [2.45, 2.75) is 12.2 Å². The van der Waals surface area contributed by atoms with E-state index in [4.69, 9.17) is 20.4 Å². The molecular weight excluding hydrogens is 261 g/mol. The van der Waals surface area contributed by atoms with Crippen LogP contribution in [0.5, 0.6) is 0 Å². The van der Waals surface area contributed by atoms with Crippen LogP contribution in [0, 0.1) is 0 Å². The predicted octanol–water partition coefficient (Wildman–Crippen LogP) is -4.07. The molecule has 0 aromatic carbocycles. The third kappa shape index (κ3) is 12.0. The summed E-state index contributed by atoms with van der Waals surface area (Å²) in [5.41, 5.74) is 0. The number of carboxylic acid groups (broad SMARTS) is 2. The van der Waals surface area contributed by atoms with Crippen molar-refractivity contribution >= 4 is 166 Å². The van der Waals surface area contributed by atoms with Gasteiger partial charge in [0, 0.05) is 0 Å². The molecule has 0 radical (unpaired) electrons. The van der Waals surface area contributed by atoms with E-state index >= 15 is 0 Å². The Morgan fingerprint density at radius 2 is 0.923 bits per heavy atom. The molecule has 0 aliphatic heterocycles. The molecule has 0 aromatic heterocycles. The third-order valence-electron chi connectivity index (χ3n) is 0.805. The van der Waals surface area contributed by atoms with E-state index in [1.165, 1.54) is 0 Å². The number of aliphatic hydroxyl groups is 2. The zero-order valence-corrected chi connectivity index (χ0v) is 4.76. The minimum absolute atomic E-state index is 0. The van der Waals surface area contributed by atoms with Gasteiger partial charge in [-0.2, -0.15) is 0 Å². The minimum atomic E-state index is -2.27. The van der Waals surface area contributed by atoms with Crippen LogP contribution in [0.3, 0.4) is 0 Å². The standard InChI is InChI=1S/C4H6O6.3K.3H/c5-1(3(7)8)2(6)4(9)10;;;;;;/h1-2,5-6H,(H,7,8)(H,9,10);;;;;;. The fourth-order valence-electron chi connectivity index (χ4n) is 0.270. The number of hydrogen-bond acceptors (Lipinski definition) is 4. The first-order chi connectivity index (χ1) is 4.46. The molecule has 2 atom stereocenters. The van der Waals surface area contributed by atoms with E-state index < -0.39 is 24.1 Å². The Balaban J connectivity index is -0.000000135. The molecule has 0 amide bonds. The van der Waals surface area contributed by atoms with Crippen LogP contribution < -0.4 is 0 Å². The molecule has 0 saturated carbocycles. The number of aliphatic hydroxyl groups excluding tert-OH is 2. The first kappa shape index (κ1) is 25.6. The van der Waals surface area contributed by atoms with Crippen LogP contribution in [-0.2, 0) is 9.59 Å². The molecule has 6 nitrogen and oxygen atoms in total. The average Bonchev–Trinajstić information content (AvgIpc) is 1.84. The van der Waals surface area contributed by atoms with Crippen LogP contribution in [0.4, 0.5) is 0 Å². The van der Waals surface area contributed by atoms with Gasteiger partial charge in [0.15, 0.2) is 12.2 Å². The number of aliphatic carboxylic acids is 2. The molecule has 2 unspecified atom stereocenters. The maximum absolute atomic E-state index is 9.77. The first-order valence-electron chi connectivity index (χ1n) is 2.28. The van der Waals surface area contributed by atoms with Crippen LogP contribution in [0.15, 0.2) is 0 Å². The molecule has 0 aliphatic carbocycles. The van der Waals surface area contributed by atoms with E-state index in [9.17, 15) is 9.59 Å². The zero-order chi connectivity index (χ0) is 8.31. The quantitative estimate of drug-likeness (QED) is 0.388. The Hall–Kier alpha value is 3.77. The van der Waals surface area contributed by atoms with E-state index in [1.54, 1.807) is 0 Å². The molecule has 0 aromatic rings. The van der Waals surface area contributed by atoms with E-state index in [-0.39, 0.29) is 154 Å². The second kappa shape index (κ2) is 13.8. The Kier molecular flexibility index (Phi) is 27.2. The predicted molar refractivity (Wildman–Crippen MR) is 48.7 cm³/mol. The van der Waals surface area contributed by atoms with Gasteiger partial charge in [0.05, 0.1) is 0 Å². The van der Waals surface area contributed by atoms with E-state index in [0.717, 1.165) is 0 Å². The second-order valence-corrected chi connectivity index (χ2v) is 1.57. The molecular formula is C4H9K3O6. The summed E-state index contributed by atoms with van der Waals surface area (Å²) in [5.74, 6) is -3.54. The summed E-state index contributed by atoms with van der Waals surface area (Å²) >= 11 is 0. The summed E-state index contributed by atoms with van der Waals surface area (Å²) in [6.45, 7) is 0. The van der Waals surface area contributed by atoms with Crippen LogP contribution in [0.2, 0.25) is 0 Å². The molecule has 0 rings (SSSR count). The van der Waals surface area contributed by atoms with Gasteiger partial charge in [-0.15, -0.1) is 0 Å². The molecule has 4 N–H and O–H groups in total. The van der Waals surface area contributed by atoms with Crippen LogP contribution in [0.1, 0.15) is 0 Å². The fraction of sp³-hybridized carbons (Fsp3) is 0.500. The normalized spacial score (nSPS) is 12.2. The topological polar surface area (TPSA) is 115 Å². The molecule has 0 saturated heterocycles. The van der Waals surface area contributed by atoms with Gasteiger partial charge in [-0.3, -0.25) is 0 Å². The van der Waals surface area contributed by atoms with Crippen molar-refractivity contribution in [3.8, 4) is 0 Å². The van der Waals surface area contributed by atoms with Crippen molar-refractivity contribution < 1.29 is 30.0 Å². The number of carbonyl (C=O) groups is 2. The molecule has 64 valence electrons. The number of rotatable bonds is 3. The molecule has 0 aliphatic rings. The van der Waals surface area contributed by atoms with Crippen molar-refractivity contribution in [1.82, 2.24) is 0 Å².